The summed E-state index contributed by atoms with van der Waals surface area (Å²) in [6, 6.07) is 4.87. The number of aromatic nitrogens is 1. The Morgan fingerprint density at radius 2 is 1.75 bits per heavy atom. The zero-order valence-corrected chi connectivity index (χ0v) is 10.2. The van der Waals surface area contributed by atoms with Crippen LogP contribution < -0.4 is 5.32 Å². The minimum Gasteiger partial charge on any atom is -0.381 e. The van der Waals surface area contributed by atoms with Crippen molar-refractivity contribution in [2.24, 2.45) is 0 Å². The normalized spacial score (nSPS) is 18.8. The summed E-state index contributed by atoms with van der Waals surface area (Å²) >= 11 is 0. The Hall–Kier alpha value is -1.05. The fraction of sp³-hybridized carbons (Fsp3) is 0.643. The third kappa shape index (κ3) is 3.51. The lowest BCUT2D eigenvalue weighted by atomic mass is 9.96. The van der Waals surface area contributed by atoms with E-state index in [1.807, 2.05) is 13.1 Å². The average Bonchev–Trinajstić information content (AvgIpc) is 2.25. The van der Waals surface area contributed by atoms with Gasteiger partial charge in [0.2, 0.25) is 0 Å². The third-order valence-corrected chi connectivity index (χ3v) is 3.39. The van der Waals surface area contributed by atoms with Crippen LogP contribution in [0.15, 0.2) is 18.3 Å². The van der Waals surface area contributed by atoms with E-state index in [0.29, 0.717) is 6.04 Å². The number of anilines is 1. The molecule has 1 saturated carbocycles. The Kier molecular flexibility index (Phi) is 4.20. The molecule has 0 bridgehead atoms. The van der Waals surface area contributed by atoms with E-state index in [0.717, 1.165) is 5.69 Å². The molecule has 1 aromatic rings. The van der Waals surface area contributed by atoms with E-state index >= 15 is 0 Å². The van der Waals surface area contributed by atoms with Crippen LogP contribution in [-0.2, 0) is 0 Å². The fourth-order valence-corrected chi connectivity index (χ4v) is 2.39. The van der Waals surface area contributed by atoms with Gasteiger partial charge in [0.1, 0.15) is 0 Å². The molecule has 0 aromatic carbocycles. The Labute approximate surface area is 98.5 Å². The van der Waals surface area contributed by atoms with Gasteiger partial charge in [0, 0.05) is 11.7 Å². The van der Waals surface area contributed by atoms with Crippen molar-refractivity contribution in [2.45, 2.75) is 57.9 Å². The number of nitrogens with zero attached hydrogens (tertiary/aromatic N) is 1. The van der Waals surface area contributed by atoms with Crippen molar-refractivity contribution < 1.29 is 0 Å². The largest absolute Gasteiger partial charge is 0.381 e. The molecule has 2 nitrogen and oxygen atoms in total. The quantitative estimate of drug-likeness (QED) is 0.814. The van der Waals surface area contributed by atoms with Gasteiger partial charge < -0.3 is 5.32 Å². The summed E-state index contributed by atoms with van der Waals surface area (Å²) in [6.07, 6.45) is 11.6. The van der Waals surface area contributed by atoms with Gasteiger partial charge in [-0.25, -0.2) is 0 Å². The van der Waals surface area contributed by atoms with Crippen LogP contribution in [0.1, 0.15) is 50.6 Å². The summed E-state index contributed by atoms with van der Waals surface area (Å²) in [6.45, 7) is 2.03. The molecule has 1 aliphatic rings. The molecule has 0 aliphatic heterocycles. The number of hydrogen-bond donors (Lipinski definition) is 1. The third-order valence-electron chi connectivity index (χ3n) is 3.39. The summed E-state index contributed by atoms with van der Waals surface area (Å²) in [5, 5.41) is 3.61. The minimum absolute atomic E-state index is 0.657. The number of hydrogen-bond acceptors (Lipinski definition) is 2. The summed E-state index contributed by atoms with van der Waals surface area (Å²) in [4.78, 5) is 4.32. The second kappa shape index (κ2) is 5.88. The predicted octanol–water partition coefficient (Wildman–Crippen LogP) is 3.91. The van der Waals surface area contributed by atoms with Crippen LogP contribution in [0, 0.1) is 6.92 Å². The highest BCUT2D eigenvalue weighted by Gasteiger charge is 2.10. The van der Waals surface area contributed by atoms with Crippen molar-refractivity contribution in [3.63, 3.8) is 0 Å². The molecule has 0 saturated heterocycles. The van der Waals surface area contributed by atoms with Gasteiger partial charge in [-0.2, -0.15) is 0 Å². The number of nitrogens with one attached hydrogen (secondary N) is 1. The maximum Gasteiger partial charge on any atom is 0.0529 e. The Balaban J connectivity index is 1.89. The molecule has 2 heteroatoms. The van der Waals surface area contributed by atoms with Gasteiger partial charge in [-0.05, 0) is 31.9 Å². The standard InChI is InChI=1S/C14H22N2/c1-12-9-10-14(11-15-12)16-13-7-5-3-2-4-6-8-13/h9-11,13,16H,2-8H2,1H3. The second-order valence-electron chi connectivity index (χ2n) is 4.87. The van der Waals surface area contributed by atoms with Gasteiger partial charge in [-0.1, -0.05) is 32.1 Å². The molecule has 1 N–H and O–H groups in total. The van der Waals surface area contributed by atoms with E-state index in [4.69, 9.17) is 0 Å². The molecule has 2 rings (SSSR count). The van der Waals surface area contributed by atoms with E-state index in [1.165, 1.54) is 50.6 Å². The molecule has 1 fully saturated rings. The highest BCUT2D eigenvalue weighted by Crippen LogP contribution is 2.20. The fourth-order valence-electron chi connectivity index (χ4n) is 2.39. The molecular formula is C14H22N2. The van der Waals surface area contributed by atoms with Crippen molar-refractivity contribution in [2.75, 3.05) is 5.32 Å². The van der Waals surface area contributed by atoms with Gasteiger partial charge in [-0.15, -0.1) is 0 Å². The lowest BCUT2D eigenvalue weighted by Crippen LogP contribution is -2.20. The van der Waals surface area contributed by atoms with Crippen molar-refractivity contribution in [3.05, 3.63) is 24.0 Å². The van der Waals surface area contributed by atoms with Crippen molar-refractivity contribution >= 4 is 5.69 Å². The molecule has 1 aliphatic carbocycles. The lowest BCUT2D eigenvalue weighted by Gasteiger charge is -2.21. The Bertz CT molecular complexity index is 297. The summed E-state index contributed by atoms with van der Waals surface area (Å²) in [5.74, 6) is 0. The van der Waals surface area contributed by atoms with Crippen LogP contribution in [0.4, 0.5) is 5.69 Å². The Morgan fingerprint density at radius 3 is 2.38 bits per heavy atom. The van der Waals surface area contributed by atoms with Gasteiger partial charge in [0.25, 0.3) is 0 Å². The maximum absolute atomic E-state index is 4.32. The zero-order valence-electron chi connectivity index (χ0n) is 10.2. The predicted molar refractivity (Wildman–Crippen MR) is 68.7 cm³/mol. The summed E-state index contributed by atoms with van der Waals surface area (Å²) in [7, 11) is 0. The van der Waals surface area contributed by atoms with E-state index in [1.54, 1.807) is 0 Å². The van der Waals surface area contributed by atoms with Crippen LogP contribution in [0.25, 0.3) is 0 Å². The molecule has 0 unspecified atom stereocenters. The number of rotatable bonds is 2. The van der Waals surface area contributed by atoms with Gasteiger partial charge in [0.15, 0.2) is 0 Å². The van der Waals surface area contributed by atoms with E-state index < -0.39 is 0 Å². The monoisotopic (exact) mass is 218 g/mol. The highest BCUT2D eigenvalue weighted by molar-refractivity contribution is 5.41. The lowest BCUT2D eigenvalue weighted by molar-refractivity contribution is 0.471. The van der Waals surface area contributed by atoms with Crippen LogP contribution >= 0.6 is 0 Å². The molecule has 0 spiro atoms. The van der Waals surface area contributed by atoms with Crippen LogP contribution in [0.5, 0.6) is 0 Å². The average molecular weight is 218 g/mol. The highest BCUT2D eigenvalue weighted by atomic mass is 14.9. The second-order valence-corrected chi connectivity index (χ2v) is 4.87. The van der Waals surface area contributed by atoms with E-state index in [-0.39, 0.29) is 0 Å². The smallest absolute Gasteiger partial charge is 0.0529 e. The summed E-state index contributed by atoms with van der Waals surface area (Å²) < 4.78 is 0. The van der Waals surface area contributed by atoms with Gasteiger partial charge in [0.05, 0.1) is 11.9 Å². The molecule has 1 aromatic heterocycles. The molecule has 1 heterocycles. The zero-order chi connectivity index (χ0) is 11.2. The topological polar surface area (TPSA) is 24.9 Å². The molecule has 88 valence electrons. The van der Waals surface area contributed by atoms with E-state index in [9.17, 15) is 0 Å². The van der Waals surface area contributed by atoms with Gasteiger partial charge in [-0.3, -0.25) is 4.98 Å². The molecule has 16 heavy (non-hydrogen) atoms. The SMILES string of the molecule is Cc1ccc(NC2CCCCCCC2)cn1. The van der Waals surface area contributed by atoms with Crippen LogP contribution in [-0.4, -0.2) is 11.0 Å². The van der Waals surface area contributed by atoms with Crippen LogP contribution in [0.2, 0.25) is 0 Å². The number of aryl methyl sites for hydroxylation is 1. The molecule has 0 atom stereocenters. The minimum atomic E-state index is 0.657. The van der Waals surface area contributed by atoms with Crippen molar-refractivity contribution in [1.29, 1.82) is 0 Å². The first kappa shape index (κ1) is 11.4. The molecular weight excluding hydrogens is 196 g/mol. The first-order valence-electron chi connectivity index (χ1n) is 6.54. The van der Waals surface area contributed by atoms with Crippen molar-refractivity contribution in [1.82, 2.24) is 4.98 Å². The Morgan fingerprint density at radius 1 is 1.06 bits per heavy atom. The van der Waals surface area contributed by atoms with E-state index in [2.05, 4.69) is 22.4 Å². The van der Waals surface area contributed by atoms with Gasteiger partial charge >= 0.3 is 0 Å². The maximum atomic E-state index is 4.32. The molecule has 0 amide bonds. The number of pyridine rings is 1. The first-order valence-corrected chi connectivity index (χ1v) is 6.54. The molecule has 0 radical (unpaired) electrons. The van der Waals surface area contributed by atoms with Crippen molar-refractivity contribution in [3.8, 4) is 0 Å². The first-order chi connectivity index (χ1) is 7.84. The summed E-state index contributed by atoms with van der Waals surface area (Å²) in [5.41, 5.74) is 2.26. The van der Waals surface area contributed by atoms with Crippen LogP contribution in [0.3, 0.4) is 0 Å².